The molecule has 2 rings (SSSR count). The van der Waals surface area contributed by atoms with Gasteiger partial charge in [-0.2, -0.15) is 4.31 Å². The summed E-state index contributed by atoms with van der Waals surface area (Å²) in [6.07, 6.45) is 0.788. The molecule has 10 heteroatoms. The fraction of sp³-hybridized carbons (Fsp3) is 0.318. The van der Waals surface area contributed by atoms with E-state index in [2.05, 4.69) is 11.8 Å². The summed E-state index contributed by atoms with van der Waals surface area (Å²) in [4.78, 5) is 13.2. The molecule has 1 atom stereocenters. The maximum Gasteiger partial charge on any atom is 0.261 e. The molecule has 2 aromatic rings. The first-order valence-corrected chi connectivity index (χ1v) is 12.5. The van der Waals surface area contributed by atoms with Gasteiger partial charge in [0.15, 0.2) is 0 Å². The second-order valence-electron chi connectivity index (χ2n) is 6.64. The molecule has 0 heterocycles. The Bertz CT molecular complexity index is 1050. The van der Waals surface area contributed by atoms with Gasteiger partial charge in [-0.1, -0.05) is 17.5 Å². The van der Waals surface area contributed by atoms with Crippen LogP contribution in [0.5, 0.6) is 5.75 Å². The number of hydroxylamine groups is 1. The highest BCUT2D eigenvalue weighted by Gasteiger charge is 2.32. The molecule has 0 aliphatic carbocycles. The summed E-state index contributed by atoms with van der Waals surface area (Å²) in [5, 5.41) is 9.77. The Morgan fingerprint density at radius 3 is 2.47 bits per heavy atom. The molecule has 0 fully saturated rings. The zero-order valence-electron chi connectivity index (χ0n) is 17.7. The van der Waals surface area contributed by atoms with Gasteiger partial charge < -0.3 is 4.74 Å². The van der Waals surface area contributed by atoms with Crippen molar-refractivity contribution in [3.63, 3.8) is 0 Å². The molecule has 2 aromatic carbocycles. The van der Waals surface area contributed by atoms with Gasteiger partial charge >= 0.3 is 0 Å². The Morgan fingerprint density at radius 2 is 1.88 bits per heavy atom. The number of rotatable bonds is 11. The van der Waals surface area contributed by atoms with Crippen LogP contribution in [0.4, 0.5) is 0 Å². The molecule has 0 aromatic heterocycles. The lowest BCUT2D eigenvalue weighted by Gasteiger charge is -2.26. The van der Waals surface area contributed by atoms with Crippen LogP contribution in [0.2, 0.25) is 5.02 Å². The first-order valence-electron chi connectivity index (χ1n) is 9.72. The number of hydrogen-bond donors (Lipinski definition) is 2. The molecule has 172 valence electrons. The molecule has 1 unspecified atom stereocenters. The van der Waals surface area contributed by atoms with E-state index in [0.717, 1.165) is 9.20 Å². The van der Waals surface area contributed by atoms with Gasteiger partial charge in [-0.3, -0.25) is 10.0 Å². The molecule has 0 radical (unpaired) electrons. The van der Waals surface area contributed by atoms with Gasteiger partial charge in [0.25, 0.3) is 5.91 Å². The summed E-state index contributed by atoms with van der Waals surface area (Å²) in [7, 11) is -2.65. The maximum atomic E-state index is 13.0. The molecule has 0 aliphatic heterocycles. The number of hydrogen-bond acceptors (Lipinski definition) is 6. The van der Waals surface area contributed by atoms with E-state index >= 15 is 0 Å². The number of ether oxygens (including phenoxy) is 1. The summed E-state index contributed by atoms with van der Waals surface area (Å²) in [6, 6.07) is 12.2. The number of nitrogens with zero attached hydrogens (tertiary/aromatic N) is 1. The van der Waals surface area contributed by atoms with Crippen LogP contribution < -0.4 is 10.2 Å². The average Bonchev–Trinajstić information content (AvgIpc) is 2.80. The van der Waals surface area contributed by atoms with Crippen molar-refractivity contribution in [1.29, 1.82) is 0 Å². The number of nitrogens with one attached hydrogen (secondary N) is 1. The van der Waals surface area contributed by atoms with Crippen LogP contribution in [0.25, 0.3) is 0 Å². The standard InChI is InChI=1S/C22H25ClN2O5S2/c1-3-4-15-30-18-9-13-20(14-10-18)32(28,29)25(2)21(22(26)24-27)6-5-16-31-19-11-7-17(23)8-12-19/h7-14,21,27H,5-6,15-16H2,1-2H3,(H,24,26). The van der Waals surface area contributed by atoms with Gasteiger partial charge in [0.1, 0.15) is 18.4 Å². The highest BCUT2D eigenvalue weighted by molar-refractivity contribution is 7.99. The molecule has 1 amide bonds. The summed E-state index contributed by atoms with van der Waals surface area (Å²) < 4.78 is 32.4. The van der Waals surface area contributed by atoms with E-state index in [1.165, 1.54) is 31.3 Å². The molecule has 0 bridgehead atoms. The summed E-state index contributed by atoms with van der Waals surface area (Å²) in [5.74, 6) is 5.83. The smallest absolute Gasteiger partial charge is 0.261 e. The molecule has 0 aliphatic rings. The minimum Gasteiger partial charge on any atom is -0.481 e. The second-order valence-corrected chi connectivity index (χ2v) is 10.2. The van der Waals surface area contributed by atoms with E-state index in [1.807, 2.05) is 12.1 Å². The van der Waals surface area contributed by atoms with Gasteiger partial charge in [-0.25, -0.2) is 13.9 Å². The van der Waals surface area contributed by atoms with Crippen molar-refractivity contribution in [2.24, 2.45) is 0 Å². The molecule has 7 nitrogen and oxygen atoms in total. The van der Waals surface area contributed by atoms with E-state index < -0.39 is 22.0 Å². The number of thioether (sulfide) groups is 1. The SMILES string of the molecule is CC#CCOc1ccc(S(=O)(=O)N(C)C(CCCSc2ccc(Cl)cc2)C(=O)NO)cc1. The third-order valence-corrected chi connectivity index (χ3v) is 7.78. The fourth-order valence-electron chi connectivity index (χ4n) is 2.78. The van der Waals surface area contributed by atoms with E-state index in [-0.39, 0.29) is 17.9 Å². The van der Waals surface area contributed by atoms with E-state index in [9.17, 15) is 13.2 Å². The topological polar surface area (TPSA) is 95.9 Å². The van der Waals surface area contributed by atoms with E-state index in [4.69, 9.17) is 21.5 Å². The van der Waals surface area contributed by atoms with Crippen LogP contribution >= 0.6 is 23.4 Å². The van der Waals surface area contributed by atoms with Gasteiger partial charge in [-0.05, 0) is 74.0 Å². The van der Waals surface area contributed by atoms with Gasteiger partial charge in [-0.15, -0.1) is 17.7 Å². The fourth-order valence-corrected chi connectivity index (χ4v) is 5.13. The number of amides is 1. The van der Waals surface area contributed by atoms with Crippen molar-refractivity contribution in [2.75, 3.05) is 19.4 Å². The third kappa shape index (κ3) is 7.43. The van der Waals surface area contributed by atoms with Crippen LogP contribution in [0.15, 0.2) is 58.3 Å². The Hall–Kier alpha value is -2.22. The number of likely N-dealkylation sites (N-methyl/N-ethyl adjacent to an activating group) is 1. The summed E-state index contributed by atoms with van der Waals surface area (Å²) in [6.45, 7) is 1.90. The van der Waals surface area contributed by atoms with Crippen molar-refractivity contribution in [1.82, 2.24) is 9.79 Å². The maximum absolute atomic E-state index is 13.0. The van der Waals surface area contributed by atoms with Crippen LogP contribution in [-0.2, 0) is 14.8 Å². The van der Waals surface area contributed by atoms with Crippen LogP contribution in [-0.4, -0.2) is 49.3 Å². The van der Waals surface area contributed by atoms with Crippen LogP contribution in [0.3, 0.4) is 0 Å². The quantitative estimate of drug-likeness (QED) is 0.161. The molecular weight excluding hydrogens is 472 g/mol. The van der Waals surface area contributed by atoms with Gasteiger partial charge in [0, 0.05) is 17.0 Å². The molecule has 0 saturated carbocycles. The van der Waals surface area contributed by atoms with E-state index in [0.29, 0.717) is 22.9 Å². The zero-order chi connectivity index (χ0) is 23.6. The monoisotopic (exact) mass is 496 g/mol. The largest absolute Gasteiger partial charge is 0.481 e. The van der Waals surface area contributed by atoms with Gasteiger partial charge in [0.05, 0.1) is 4.90 Å². The number of carbonyl (C=O) groups is 1. The van der Waals surface area contributed by atoms with Crippen molar-refractivity contribution >= 4 is 39.3 Å². The molecule has 2 N–H and O–H groups in total. The van der Waals surface area contributed by atoms with Crippen molar-refractivity contribution in [3.8, 4) is 17.6 Å². The lowest BCUT2D eigenvalue weighted by molar-refractivity contribution is -0.133. The zero-order valence-corrected chi connectivity index (χ0v) is 20.1. The Labute approximate surface area is 198 Å². The molecular formula is C22H25ClN2O5S2. The predicted octanol–water partition coefficient (Wildman–Crippen LogP) is 3.81. The third-order valence-electron chi connectivity index (χ3n) is 4.54. The molecule has 0 spiro atoms. The predicted molar refractivity (Wildman–Crippen MR) is 125 cm³/mol. The number of sulfonamides is 1. The normalized spacial score (nSPS) is 12.0. The highest BCUT2D eigenvalue weighted by atomic mass is 35.5. The van der Waals surface area contributed by atoms with E-state index in [1.54, 1.807) is 36.3 Å². The summed E-state index contributed by atoms with van der Waals surface area (Å²) >= 11 is 7.45. The first kappa shape index (κ1) is 26.0. The Morgan fingerprint density at radius 1 is 1.22 bits per heavy atom. The number of carbonyl (C=O) groups excluding carboxylic acids is 1. The highest BCUT2D eigenvalue weighted by Crippen LogP contribution is 2.24. The van der Waals surface area contributed by atoms with Crippen molar-refractivity contribution in [2.45, 2.75) is 35.6 Å². The summed E-state index contributed by atoms with van der Waals surface area (Å²) in [5.41, 5.74) is 1.57. The lowest BCUT2D eigenvalue weighted by atomic mass is 10.1. The van der Waals surface area contributed by atoms with Crippen LogP contribution in [0.1, 0.15) is 19.8 Å². The second kappa shape index (κ2) is 12.7. The van der Waals surface area contributed by atoms with Crippen molar-refractivity contribution < 1.29 is 23.2 Å². The average molecular weight is 497 g/mol. The van der Waals surface area contributed by atoms with Crippen molar-refractivity contribution in [3.05, 3.63) is 53.6 Å². The number of halogens is 1. The number of benzene rings is 2. The van der Waals surface area contributed by atoms with Crippen LogP contribution in [0, 0.1) is 11.8 Å². The Kier molecular flexibility index (Phi) is 10.4. The lowest BCUT2D eigenvalue weighted by Crippen LogP contribution is -2.46. The van der Waals surface area contributed by atoms with Gasteiger partial charge in [0.2, 0.25) is 10.0 Å². The minimum absolute atomic E-state index is 0.0141. The minimum atomic E-state index is -3.97. The molecule has 32 heavy (non-hydrogen) atoms. The molecule has 0 saturated heterocycles. The first-order chi connectivity index (χ1) is 15.3. The Balaban J connectivity index is 2.04.